The first-order valence-corrected chi connectivity index (χ1v) is 9.51. The van der Waals surface area contributed by atoms with E-state index in [0.717, 1.165) is 12.1 Å². The topological polar surface area (TPSA) is 66.4 Å². The lowest BCUT2D eigenvalue weighted by Crippen LogP contribution is -2.12. The number of benzene rings is 2. The van der Waals surface area contributed by atoms with Gasteiger partial charge in [0.15, 0.2) is 0 Å². The van der Waals surface area contributed by atoms with E-state index in [0.29, 0.717) is 36.6 Å². The van der Waals surface area contributed by atoms with Crippen molar-refractivity contribution < 1.29 is 4.79 Å². The molecule has 5 nitrogen and oxygen atoms in total. The summed E-state index contributed by atoms with van der Waals surface area (Å²) in [6.07, 6.45) is 0.842. The van der Waals surface area contributed by atoms with E-state index in [9.17, 15) is 4.79 Å². The Balaban J connectivity index is 1.93. The molecule has 26 heavy (non-hydrogen) atoms. The number of anilines is 2. The van der Waals surface area contributed by atoms with E-state index in [1.165, 1.54) is 11.3 Å². The van der Waals surface area contributed by atoms with Gasteiger partial charge in [0.05, 0.1) is 20.4 Å². The van der Waals surface area contributed by atoms with E-state index in [1.54, 1.807) is 30.3 Å². The summed E-state index contributed by atoms with van der Waals surface area (Å²) in [7, 11) is 0. The van der Waals surface area contributed by atoms with Crippen molar-refractivity contribution in [3.63, 3.8) is 0 Å². The van der Waals surface area contributed by atoms with Crippen LogP contribution in [0.5, 0.6) is 0 Å². The molecule has 0 atom stereocenters. The summed E-state index contributed by atoms with van der Waals surface area (Å²) in [5.41, 5.74) is 5.43. The average molecular weight is 407 g/mol. The number of hydrogen-bond acceptors (Lipinski definition) is 5. The average Bonchev–Trinajstić information content (AvgIpc) is 3.09. The second-order valence-corrected chi connectivity index (χ2v) is 7.33. The molecule has 2 aromatic carbocycles. The molecule has 0 fully saturated rings. The predicted octanol–water partition coefficient (Wildman–Crippen LogP) is 6.05. The number of rotatable bonds is 5. The number of halogens is 2. The molecular weight excluding hydrogens is 391 g/mol. The number of thiazole rings is 1. The second kappa shape index (κ2) is 8.03. The molecule has 3 rings (SSSR count). The highest BCUT2D eigenvalue weighted by Gasteiger charge is 2.17. The van der Waals surface area contributed by atoms with Crippen molar-refractivity contribution in [2.24, 2.45) is 5.10 Å². The maximum Gasteiger partial charge on any atom is 0.255 e. The molecule has 1 amide bonds. The second-order valence-electron chi connectivity index (χ2n) is 5.55. The molecule has 0 aliphatic rings. The van der Waals surface area contributed by atoms with E-state index < -0.39 is 0 Å². The molecule has 1 heterocycles. The highest BCUT2D eigenvalue weighted by molar-refractivity contribution is 7.23. The van der Waals surface area contributed by atoms with Crippen molar-refractivity contribution in [3.05, 3.63) is 52.0 Å². The molecule has 0 bridgehead atoms. The van der Waals surface area contributed by atoms with Gasteiger partial charge in [-0.25, -0.2) is 4.98 Å². The van der Waals surface area contributed by atoms with Gasteiger partial charge in [-0.15, -0.1) is 0 Å². The predicted molar refractivity (Wildman–Crippen MR) is 111 cm³/mol. The van der Waals surface area contributed by atoms with Crippen LogP contribution in [-0.2, 0) is 0 Å². The van der Waals surface area contributed by atoms with E-state index in [2.05, 4.69) is 20.8 Å². The number of carbonyl (C=O) groups is 1. The van der Waals surface area contributed by atoms with Crippen molar-refractivity contribution >= 4 is 67.2 Å². The van der Waals surface area contributed by atoms with Gasteiger partial charge in [0.2, 0.25) is 5.13 Å². The molecule has 0 aliphatic carbocycles. The zero-order valence-electron chi connectivity index (χ0n) is 14.1. The number of hydrazone groups is 1. The van der Waals surface area contributed by atoms with Crippen LogP contribution in [0.15, 0.2) is 41.5 Å². The number of aromatic nitrogens is 1. The Morgan fingerprint density at radius 3 is 2.69 bits per heavy atom. The number of hydrogen-bond donors (Lipinski definition) is 2. The van der Waals surface area contributed by atoms with Gasteiger partial charge in [-0.3, -0.25) is 10.2 Å². The van der Waals surface area contributed by atoms with Gasteiger partial charge >= 0.3 is 0 Å². The van der Waals surface area contributed by atoms with Crippen LogP contribution in [0.3, 0.4) is 0 Å². The summed E-state index contributed by atoms with van der Waals surface area (Å²) in [4.78, 5) is 16.8. The van der Waals surface area contributed by atoms with Crippen LogP contribution in [0.25, 0.3) is 10.2 Å². The van der Waals surface area contributed by atoms with Gasteiger partial charge in [-0.2, -0.15) is 5.10 Å². The summed E-state index contributed by atoms with van der Waals surface area (Å²) < 4.78 is 0.689. The van der Waals surface area contributed by atoms with Crippen LogP contribution in [0.2, 0.25) is 10.0 Å². The standard InChI is InChI=1S/C18H16Cl2N4OS/c1-3-10(2)23-24-18-22-15-12(19)9-13(14(20)16(15)26-18)21-17(25)11-7-5-4-6-8-11/h4-9H,3H2,1-2H3,(H,21,25)(H,22,24). The molecule has 0 saturated carbocycles. The third-order valence-corrected chi connectivity index (χ3v) is 5.47. The molecule has 134 valence electrons. The van der Waals surface area contributed by atoms with Gasteiger partial charge in [0, 0.05) is 11.3 Å². The van der Waals surface area contributed by atoms with Crippen LogP contribution >= 0.6 is 34.5 Å². The van der Waals surface area contributed by atoms with E-state index in [1.807, 2.05) is 19.9 Å². The first-order valence-electron chi connectivity index (χ1n) is 7.93. The molecule has 8 heteroatoms. The monoisotopic (exact) mass is 406 g/mol. The maximum absolute atomic E-state index is 12.4. The van der Waals surface area contributed by atoms with Gasteiger partial charge in [-0.05, 0) is 31.5 Å². The molecule has 0 spiro atoms. The molecule has 0 unspecified atom stereocenters. The minimum Gasteiger partial charge on any atom is -0.321 e. The number of carbonyl (C=O) groups excluding carboxylic acids is 1. The Bertz CT molecular complexity index is 986. The van der Waals surface area contributed by atoms with Crippen LogP contribution in [0.4, 0.5) is 10.8 Å². The zero-order chi connectivity index (χ0) is 18.7. The number of fused-ring (bicyclic) bond motifs is 1. The minimum atomic E-state index is -0.256. The summed E-state index contributed by atoms with van der Waals surface area (Å²) in [6, 6.07) is 10.5. The Morgan fingerprint density at radius 2 is 2.00 bits per heavy atom. The number of amides is 1. The molecule has 2 N–H and O–H groups in total. The highest BCUT2D eigenvalue weighted by Crippen LogP contribution is 2.41. The lowest BCUT2D eigenvalue weighted by molar-refractivity contribution is 0.102. The van der Waals surface area contributed by atoms with Crippen LogP contribution in [0.1, 0.15) is 30.6 Å². The molecule has 3 aromatic rings. The SMILES string of the molecule is CCC(C)=NNc1nc2c(Cl)cc(NC(=O)c3ccccc3)c(Cl)c2s1. The van der Waals surface area contributed by atoms with E-state index >= 15 is 0 Å². The summed E-state index contributed by atoms with van der Waals surface area (Å²) in [5.74, 6) is -0.256. The van der Waals surface area contributed by atoms with Crippen molar-refractivity contribution in [1.82, 2.24) is 4.98 Å². The third-order valence-electron chi connectivity index (χ3n) is 3.70. The van der Waals surface area contributed by atoms with Crippen LogP contribution < -0.4 is 10.7 Å². The Labute approximate surface area is 165 Å². The van der Waals surface area contributed by atoms with Crippen molar-refractivity contribution in [2.45, 2.75) is 20.3 Å². The first kappa shape index (κ1) is 18.6. The summed E-state index contributed by atoms with van der Waals surface area (Å²) >= 11 is 14.2. The van der Waals surface area contributed by atoms with E-state index in [4.69, 9.17) is 23.2 Å². The smallest absolute Gasteiger partial charge is 0.255 e. The van der Waals surface area contributed by atoms with Gasteiger partial charge in [0.25, 0.3) is 5.91 Å². The summed E-state index contributed by atoms with van der Waals surface area (Å²) in [5, 5.41) is 8.44. The Hall–Kier alpha value is -2.15. The van der Waals surface area contributed by atoms with Gasteiger partial charge in [0.1, 0.15) is 5.52 Å². The normalized spacial score (nSPS) is 11.6. The largest absolute Gasteiger partial charge is 0.321 e. The zero-order valence-corrected chi connectivity index (χ0v) is 16.5. The molecule has 1 aromatic heterocycles. The maximum atomic E-state index is 12.4. The Kier molecular flexibility index (Phi) is 5.76. The van der Waals surface area contributed by atoms with Crippen molar-refractivity contribution in [2.75, 3.05) is 10.7 Å². The number of nitrogens with one attached hydrogen (secondary N) is 2. The number of nitrogens with zero attached hydrogens (tertiary/aromatic N) is 2. The fourth-order valence-corrected chi connectivity index (χ4v) is 3.64. The van der Waals surface area contributed by atoms with Crippen LogP contribution in [-0.4, -0.2) is 16.6 Å². The lowest BCUT2D eigenvalue weighted by Gasteiger charge is -2.08. The molecular formula is C18H16Cl2N4OS. The molecule has 0 radical (unpaired) electrons. The fourth-order valence-electron chi connectivity index (χ4n) is 2.16. The third kappa shape index (κ3) is 3.98. The quantitative estimate of drug-likeness (QED) is 0.400. The van der Waals surface area contributed by atoms with E-state index in [-0.39, 0.29) is 5.91 Å². The molecule has 0 aliphatic heterocycles. The fraction of sp³-hybridized carbons (Fsp3) is 0.167. The Morgan fingerprint density at radius 1 is 1.27 bits per heavy atom. The minimum absolute atomic E-state index is 0.256. The van der Waals surface area contributed by atoms with Crippen molar-refractivity contribution in [3.8, 4) is 0 Å². The van der Waals surface area contributed by atoms with Crippen LogP contribution in [0, 0.1) is 0 Å². The molecule has 0 saturated heterocycles. The highest BCUT2D eigenvalue weighted by atomic mass is 35.5. The summed E-state index contributed by atoms with van der Waals surface area (Å²) in [6.45, 7) is 3.95. The lowest BCUT2D eigenvalue weighted by atomic mass is 10.2. The first-order chi connectivity index (χ1) is 12.5. The van der Waals surface area contributed by atoms with Gasteiger partial charge < -0.3 is 5.32 Å². The van der Waals surface area contributed by atoms with Crippen molar-refractivity contribution in [1.29, 1.82) is 0 Å². The van der Waals surface area contributed by atoms with Gasteiger partial charge in [-0.1, -0.05) is 59.7 Å².